The van der Waals surface area contributed by atoms with Gasteiger partial charge in [0.1, 0.15) is 6.04 Å². The highest BCUT2D eigenvalue weighted by Crippen LogP contribution is 2.06. The summed E-state index contributed by atoms with van der Waals surface area (Å²) in [5.41, 5.74) is 0. The molecule has 0 bridgehead atoms. The molecule has 0 aromatic rings. The van der Waals surface area contributed by atoms with E-state index in [0.29, 0.717) is 6.42 Å². The molecule has 0 aliphatic rings. The van der Waals surface area contributed by atoms with Crippen molar-refractivity contribution in [2.75, 3.05) is 0 Å². The van der Waals surface area contributed by atoms with E-state index in [0.717, 1.165) is 25.7 Å². The number of carboxylic acid groups (broad SMARTS) is 1. The first-order chi connectivity index (χ1) is 8.86. The molecular weight excluding hydrogens is 244 g/mol. The third-order valence-corrected chi connectivity index (χ3v) is 2.93. The van der Waals surface area contributed by atoms with Gasteiger partial charge in [-0.3, -0.25) is 0 Å². The van der Waals surface area contributed by atoms with Crippen LogP contribution >= 0.6 is 0 Å². The Balaban J connectivity index is 4.08. The zero-order valence-corrected chi connectivity index (χ0v) is 12.5. The highest BCUT2D eigenvalue weighted by Gasteiger charge is 2.21. The molecule has 0 saturated carbocycles. The Bertz CT molecular complexity index is 280. The van der Waals surface area contributed by atoms with Crippen LogP contribution in [0.2, 0.25) is 0 Å². The van der Waals surface area contributed by atoms with Crippen LogP contribution in [0.3, 0.4) is 0 Å². The number of nitrogens with one attached hydrogen (secondary N) is 2. The van der Waals surface area contributed by atoms with Gasteiger partial charge in [-0.15, -0.1) is 0 Å². The van der Waals surface area contributed by atoms with Gasteiger partial charge in [-0.1, -0.05) is 40.0 Å². The van der Waals surface area contributed by atoms with E-state index in [2.05, 4.69) is 17.6 Å². The molecule has 112 valence electrons. The Kier molecular flexibility index (Phi) is 9.00. The number of amides is 2. The lowest BCUT2D eigenvalue weighted by Crippen LogP contribution is -2.48. The summed E-state index contributed by atoms with van der Waals surface area (Å²) in [5.74, 6) is -0.758. The standard InChI is InChI=1S/C14H28N2O3/c1-5-6-7-8-11(4)15-14(19)16-12(13(17)18)9-10(2)3/h10-12H,5-9H2,1-4H3,(H,17,18)(H2,15,16,19). The van der Waals surface area contributed by atoms with Crippen molar-refractivity contribution in [3.8, 4) is 0 Å². The average Bonchev–Trinajstić information content (AvgIpc) is 2.27. The Morgan fingerprint density at radius 1 is 1.11 bits per heavy atom. The number of carbonyl (C=O) groups excluding carboxylic acids is 1. The van der Waals surface area contributed by atoms with Gasteiger partial charge in [0.2, 0.25) is 0 Å². The van der Waals surface area contributed by atoms with Gasteiger partial charge in [-0.2, -0.15) is 0 Å². The maximum absolute atomic E-state index is 11.7. The van der Waals surface area contributed by atoms with Crippen LogP contribution in [-0.2, 0) is 4.79 Å². The number of carboxylic acids is 1. The van der Waals surface area contributed by atoms with Crippen molar-refractivity contribution in [2.24, 2.45) is 5.92 Å². The van der Waals surface area contributed by atoms with Gasteiger partial charge in [0.05, 0.1) is 0 Å². The molecule has 0 spiro atoms. The smallest absolute Gasteiger partial charge is 0.326 e. The molecule has 0 aromatic carbocycles. The SMILES string of the molecule is CCCCCC(C)NC(=O)NC(CC(C)C)C(=O)O. The fraction of sp³-hybridized carbons (Fsp3) is 0.857. The van der Waals surface area contributed by atoms with Crippen molar-refractivity contribution in [1.82, 2.24) is 10.6 Å². The molecule has 0 fully saturated rings. The molecule has 3 N–H and O–H groups in total. The molecule has 19 heavy (non-hydrogen) atoms. The molecule has 2 atom stereocenters. The Labute approximate surface area is 116 Å². The van der Waals surface area contributed by atoms with Crippen LogP contribution in [0.25, 0.3) is 0 Å². The summed E-state index contributed by atoms with van der Waals surface area (Å²) in [6.07, 6.45) is 4.73. The lowest BCUT2D eigenvalue weighted by atomic mass is 10.0. The van der Waals surface area contributed by atoms with E-state index < -0.39 is 18.0 Å². The minimum absolute atomic E-state index is 0.0695. The molecule has 0 aliphatic carbocycles. The average molecular weight is 272 g/mol. The second kappa shape index (κ2) is 9.64. The molecule has 0 rings (SSSR count). The Morgan fingerprint density at radius 3 is 2.21 bits per heavy atom. The van der Waals surface area contributed by atoms with Crippen LogP contribution in [0, 0.1) is 5.92 Å². The first-order valence-electron chi connectivity index (χ1n) is 7.16. The van der Waals surface area contributed by atoms with Gasteiger partial charge in [0, 0.05) is 6.04 Å². The normalized spacial score (nSPS) is 13.9. The molecule has 2 unspecified atom stereocenters. The lowest BCUT2D eigenvalue weighted by Gasteiger charge is -2.19. The predicted molar refractivity (Wildman–Crippen MR) is 76.2 cm³/mol. The molecule has 0 saturated heterocycles. The third-order valence-electron chi connectivity index (χ3n) is 2.93. The Hall–Kier alpha value is -1.26. The van der Waals surface area contributed by atoms with Gasteiger partial charge >= 0.3 is 12.0 Å². The molecule has 0 aromatic heterocycles. The number of unbranched alkanes of at least 4 members (excludes halogenated alkanes) is 2. The van der Waals surface area contributed by atoms with Crippen molar-refractivity contribution in [2.45, 2.75) is 71.9 Å². The Morgan fingerprint density at radius 2 is 1.74 bits per heavy atom. The van der Waals surface area contributed by atoms with Crippen LogP contribution in [0.5, 0.6) is 0 Å². The minimum Gasteiger partial charge on any atom is -0.480 e. The number of rotatable bonds is 9. The van der Waals surface area contributed by atoms with Gasteiger partial charge in [-0.25, -0.2) is 9.59 Å². The quantitative estimate of drug-likeness (QED) is 0.565. The molecule has 5 nitrogen and oxygen atoms in total. The first kappa shape index (κ1) is 17.7. The fourth-order valence-corrected chi connectivity index (χ4v) is 1.89. The van der Waals surface area contributed by atoms with Crippen LogP contribution in [0.4, 0.5) is 4.79 Å². The largest absolute Gasteiger partial charge is 0.480 e. The van der Waals surface area contributed by atoms with Crippen molar-refractivity contribution in [3.63, 3.8) is 0 Å². The van der Waals surface area contributed by atoms with E-state index >= 15 is 0 Å². The molecular formula is C14H28N2O3. The summed E-state index contributed by atoms with van der Waals surface area (Å²) in [4.78, 5) is 22.7. The summed E-state index contributed by atoms with van der Waals surface area (Å²) in [5, 5.41) is 14.3. The zero-order valence-electron chi connectivity index (χ0n) is 12.5. The topological polar surface area (TPSA) is 78.4 Å². The van der Waals surface area contributed by atoms with Crippen LogP contribution in [-0.4, -0.2) is 29.2 Å². The number of aliphatic carboxylic acids is 1. The van der Waals surface area contributed by atoms with E-state index in [4.69, 9.17) is 5.11 Å². The van der Waals surface area contributed by atoms with Crippen LogP contribution in [0.15, 0.2) is 0 Å². The highest BCUT2D eigenvalue weighted by atomic mass is 16.4. The van der Waals surface area contributed by atoms with E-state index in [9.17, 15) is 9.59 Å². The molecule has 0 aliphatic heterocycles. The molecule has 2 amide bonds. The summed E-state index contributed by atoms with van der Waals surface area (Å²) in [7, 11) is 0. The molecule has 0 radical (unpaired) electrons. The van der Waals surface area contributed by atoms with E-state index in [1.807, 2.05) is 20.8 Å². The van der Waals surface area contributed by atoms with E-state index in [-0.39, 0.29) is 12.0 Å². The number of urea groups is 1. The molecule has 0 heterocycles. The lowest BCUT2D eigenvalue weighted by molar-refractivity contribution is -0.139. The maximum Gasteiger partial charge on any atom is 0.326 e. The summed E-state index contributed by atoms with van der Waals surface area (Å²) in [6, 6.07) is -1.14. The highest BCUT2D eigenvalue weighted by molar-refractivity contribution is 5.82. The maximum atomic E-state index is 11.7. The number of hydrogen-bond donors (Lipinski definition) is 3. The zero-order chi connectivity index (χ0) is 14.8. The van der Waals surface area contributed by atoms with Crippen molar-refractivity contribution in [3.05, 3.63) is 0 Å². The van der Waals surface area contributed by atoms with Gasteiger partial charge in [0.15, 0.2) is 0 Å². The van der Waals surface area contributed by atoms with Crippen molar-refractivity contribution in [1.29, 1.82) is 0 Å². The fourth-order valence-electron chi connectivity index (χ4n) is 1.89. The second-order valence-corrected chi connectivity index (χ2v) is 5.54. The summed E-state index contributed by atoms with van der Waals surface area (Å²) in [6.45, 7) is 7.94. The van der Waals surface area contributed by atoms with Crippen molar-refractivity contribution < 1.29 is 14.7 Å². The number of hydrogen-bond acceptors (Lipinski definition) is 2. The second-order valence-electron chi connectivity index (χ2n) is 5.54. The monoisotopic (exact) mass is 272 g/mol. The minimum atomic E-state index is -0.984. The van der Waals surface area contributed by atoms with Crippen molar-refractivity contribution >= 4 is 12.0 Å². The van der Waals surface area contributed by atoms with Crippen LogP contribution in [0.1, 0.15) is 59.8 Å². The van der Waals surface area contributed by atoms with Gasteiger partial charge in [-0.05, 0) is 25.7 Å². The van der Waals surface area contributed by atoms with Gasteiger partial charge < -0.3 is 15.7 Å². The summed E-state index contributed by atoms with van der Waals surface area (Å²) >= 11 is 0. The molecule has 5 heteroatoms. The predicted octanol–water partition coefficient (Wildman–Crippen LogP) is 2.75. The first-order valence-corrected chi connectivity index (χ1v) is 7.16. The number of carbonyl (C=O) groups is 2. The van der Waals surface area contributed by atoms with Gasteiger partial charge in [0.25, 0.3) is 0 Å². The van der Waals surface area contributed by atoms with E-state index in [1.54, 1.807) is 0 Å². The third kappa shape index (κ3) is 9.33. The van der Waals surface area contributed by atoms with Crippen LogP contribution < -0.4 is 10.6 Å². The van der Waals surface area contributed by atoms with E-state index in [1.165, 1.54) is 0 Å². The summed E-state index contributed by atoms with van der Waals surface area (Å²) < 4.78 is 0.